The van der Waals surface area contributed by atoms with E-state index in [0.29, 0.717) is 11.1 Å². The average Bonchev–Trinajstić information content (AvgIpc) is 3.06. The molecular formula is C13H18ClN3. The van der Waals surface area contributed by atoms with Gasteiger partial charge in [0.25, 0.3) is 0 Å². The summed E-state index contributed by atoms with van der Waals surface area (Å²) < 4.78 is 0. The Bertz CT molecular complexity index is 375. The number of rotatable bonds is 4. The van der Waals surface area contributed by atoms with Crippen LogP contribution in [0.3, 0.4) is 0 Å². The first kappa shape index (κ1) is 11.3. The van der Waals surface area contributed by atoms with Crippen molar-refractivity contribution in [1.82, 2.24) is 10.3 Å². The highest BCUT2D eigenvalue weighted by Gasteiger charge is 2.28. The van der Waals surface area contributed by atoms with Gasteiger partial charge in [-0.25, -0.2) is 4.98 Å². The Balaban J connectivity index is 1.65. The summed E-state index contributed by atoms with van der Waals surface area (Å²) in [5, 5.41) is 4.32. The smallest absolute Gasteiger partial charge is 0.128 e. The number of nitrogens with zero attached hydrogens (tertiary/aromatic N) is 2. The summed E-state index contributed by atoms with van der Waals surface area (Å²) in [6, 6.07) is 5.34. The van der Waals surface area contributed by atoms with E-state index in [9.17, 15) is 0 Å². The number of aromatic nitrogens is 1. The zero-order valence-corrected chi connectivity index (χ0v) is 10.7. The van der Waals surface area contributed by atoms with Crippen LogP contribution in [0.5, 0.6) is 0 Å². The molecule has 1 atom stereocenters. The van der Waals surface area contributed by atoms with Gasteiger partial charge < -0.3 is 10.2 Å². The zero-order chi connectivity index (χ0) is 11.7. The van der Waals surface area contributed by atoms with Crippen LogP contribution in [0.25, 0.3) is 0 Å². The molecule has 3 rings (SSSR count). The normalized spacial score (nSPS) is 24.3. The average molecular weight is 252 g/mol. The van der Waals surface area contributed by atoms with E-state index in [0.717, 1.165) is 24.9 Å². The third kappa shape index (κ3) is 2.72. The summed E-state index contributed by atoms with van der Waals surface area (Å²) >= 11 is 5.87. The Hall–Kier alpha value is -0.800. The van der Waals surface area contributed by atoms with Crippen LogP contribution >= 0.6 is 11.6 Å². The van der Waals surface area contributed by atoms with Gasteiger partial charge in [0.2, 0.25) is 0 Å². The summed E-state index contributed by atoms with van der Waals surface area (Å²) in [5.41, 5.74) is 0. The lowest BCUT2D eigenvalue weighted by Crippen LogP contribution is -2.39. The van der Waals surface area contributed by atoms with Gasteiger partial charge in [-0.1, -0.05) is 11.6 Å². The quantitative estimate of drug-likeness (QED) is 0.891. The second kappa shape index (κ2) is 4.83. The summed E-state index contributed by atoms with van der Waals surface area (Å²) in [6.45, 7) is 2.21. The first-order valence-corrected chi connectivity index (χ1v) is 6.82. The largest absolute Gasteiger partial charge is 0.352 e. The van der Waals surface area contributed by atoms with Crippen molar-refractivity contribution in [3.63, 3.8) is 0 Å². The Labute approximate surface area is 107 Å². The summed E-state index contributed by atoms with van der Waals surface area (Å²) in [7, 11) is 0. The Kier molecular flexibility index (Phi) is 3.21. The third-order valence-electron chi connectivity index (χ3n) is 3.60. The fraction of sp³-hybridized carbons (Fsp3) is 0.615. The molecule has 4 heteroatoms. The maximum Gasteiger partial charge on any atom is 0.128 e. The Morgan fingerprint density at radius 3 is 2.94 bits per heavy atom. The standard InChI is InChI=1S/C13H18ClN3/c14-10-3-6-13(16-8-10)17-7-1-2-12(17)9-15-11-4-5-11/h3,6,8,11-12,15H,1-2,4-5,7,9H2. The minimum atomic E-state index is 0.601. The molecule has 1 unspecified atom stereocenters. The van der Waals surface area contributed by atoms with Crippen LogP contribution in [-0.2, 0) is 0 Å². The fourth-order valence-electron chi connectivity index (χ4n) is 2.48. The lowest BCUT2D eigenvalue weighted by Gasteiger charge is -2.26. The van der Waals surface area contributed by atoms with E-state index in [1.807, 2.05) is 12.1 Å². The van der Waals surface area contributed by atoms with Gasteiger partial charge in [-0.15, -0.1) is 0 Å². The summed E-state index contributed by atoms with van der Waals surface area (Å²) in [6.07, 6.45) is 6.98. The van der Waals surface area contributed by atoms with E-state index in [1.54, 1.807) is 6.20 Å². The maximum atomic E-state index is 5.87. The lowest BCUT2D eigenvalue weighted by molar-refractivity contribution is 0.568. The first-order valence-electron chi connectivity index (χ1n) is 6.44. The predicted molar refractivity (Wildman–Crippen MR) is 70.6 cm³/mol. The van der Waals surface area contributed by atoms with Gasteiger partial charge in [0.15, 0.2) is 0 Å². The van der Waals surface area contributed by atoms with Crippen molar-refractivity contribution in [3.8, 4) is 0 Å². The molecule has 92 valence electrons. The molecule has 1 saturated carbocycles. The van der Waals surface area contributed by atoms with Crippen molar-refractivity contribution in [2.45, 2.75) is 37.8 Å². The Morgan fingerprint density at radius 1 is 1.35 bits per heavy atom. The molecule has 0 aromatic carbocycles. The fourth-order valence-corrected chi connectivity index (χ4v) is 2.59. The van der Waals surface area contributed by atoms with Crippen LogP contribution in [0.2, 0.25) is 5.02 Å². The topological polar surface area (TPSA) is 28.2 Å². The molecule has 0 spiro atoms. The number of halogens is 1. The van der Waals surface area contributed by atoms with Gasteiger partial charge in [0, 0.05) is 31.4 Å². The minimum absolute atomic E-state index is 0.601. The summed E-state index contributed by atoms with van der Waals surface area (Å²) in [5.74, 6) is 1.06. The van der Waals surface area contributed by atoms with E-state index in [-0.39, 0.29) is 0 Å². The van der Waals surface area contributed by atoms with Gasteiger partial charge in [0.05, 0.1) is 5.02 Å². The number of pyridine rings is 1. The van der Waals surface area contributed by atoms with Gasteiger partial charge in [-0.3, -0.25) is 0 Å². The molecule has 3 nitrogen and oxygen atoms in total. The SMILES string of the molecule is Clc1ccc(N2CCCC2CNC2CC2)nc1. The van der Waals surface area contributed by atoms with Gasteiger partial charge in [-0.2, -0.15) is 0 Å². The maximum absolute atomic E-state index is 5.87. The second-order valence-electron chi connectivity index (χ2n) is 5.01. The van der Waals surface area contributed by atoms with Crippen molar-refractivity contribution < 1.29 is 0 Å². The predicted octanol–water partition coefficient (Wildman–Crippen LogP) is 2.46. The highest BCUT2D eigenvalue weighted by atomic mass is 35.5. The molecule has 0 radical (unpaired) electrons. The van der Waals surface area contributed by atoms with Crippen molar-refractivity contribution in [2.24, 2.45) is 0 Å². The second-order valence-corrected chi connectivity index (χ2v) is 5.44. The monoisotopic (exact) mass is 251 g/mol. The number of anilines is 1. The van der Waals surface area contributed by atoms with E-state index in [2.05, 4.69) is 15.2 Å². The van der Waals surface area contributed by atoms with Crippen molar-refractivity contribution in [3.05, 3.63) is 23.4 Å². The van der Waals surface area contributed by atoms with Crippen LogP contribution in [0.4, 0.5) is 5.82 Å². The van der Waals surface area contributed by atoms with Crippen LogP contribution in [0, 0.1) is 0 Å². The molecule has 2 aliphatic rings. The molecule has 0 amide bonds. The van der Waals surface area contributed by atoms with Gasteiger partial charge in [0.1, 0.15) is 5.82 Å². The molecule has 2 heterocycles. The summed E-state index contributed by atoms with van der Waals surface area (Å²) in [4.78, 5) is 6.83. The molecule has 1 saturated heterocycles. The van der Waals surface area contributed by atoms with Crippen molar-refractivity contribution >= 4 is 17.4 Å². The van der Waals surface area contributed by atoms with Gasteiger partial charge in [-0.05, 0) is 37.8 Å². The van der Waals surface area contributed by atoms with Crippen LogP contribution in [0.15, 0.2) is 18.3 Å². The number of nitrogens with one attached hydrogen (secondary N) is 1. The minimum Gasteiger partial charge on any atom is -0.352 e. The number of hydrogen-bond acceptors (Lipinski definition) is 3. The van der Waals surface area contributed by atoms with E-state index in [4.69, 9.17) is 11.6 Å². The molecule has 1 N–H and O–H groups in total. The van der Waals surface area contributed by atoms with Crippen LogP contribution in [-0.4, -0.2) is 30.2 Å². The van der Waals surface area contributed by atoms with E-state index >= 15 is 0 Å². The molecule has 1 aromatic rings. The van der Waals surface area contributed by atoms with Crippen LogP contribution < -0.4 is 10.2 Å². The molecule has 0 bridgehead atoms. The highest BCUT2D eigenvalue weighted by Crippen LogP contribution is 2.25. The number of hydrogen-bond donors (Lipinski definition) is 1. The van der Waals surface area contributed by atoms with E-state index in [1.165, 1.54) is 25.7 Å². The molecule has 2 fully saturated rings. The molecular weight excluding hydrogens is 234 g/mol. The molecule has 1 aliphatic carbocycles. The first-order chi connectivity index (χ1) is 8.33. The molecule has 17 heavy (non-hydrogen) atoms. The molecule has 1 aliphatic heterocycles. The Morgan fingerprint density at radius 2 is 2.24 bits per heavy atom. The zero-order valence-electron chi connectivity index (χ0n) is 9.90. The van der Waals surface area contributed by atoms with Crippen LogP contribution in [0.1, 0.15) is 25.7 Å². The third-order valence-corrected chi connectivity index (χ3v) is 3.83. The van der Waals surface area contributed by atoms with Crippen molar-refractivity contribution in [2.75, 3.05) is 18.0 Å². The highest BCUT2D eigenvalue weighted by molar-refractivity contribution is 6.30. The van der Waals surface area contributed by atoms with E-state index < -0.39 is 0 Å². The van der Waals surface area contributed by atoms with Gasteiger partial charge >= 0.3 is 0 Å². The molecule has 1 aromatic heterocycles. The lowest BCUT2D eigenvalue weighted by atomic mass is 10.2. The van der Waals surface area contributed by atoms with Crippen molar-refractivity contribution in [1.29, 1.82) is 0 Å².